The molecular weight excluding hydrogens is 288 g/mol. The number of hydrogen-bond donors (Lipinski definition) is 0. The minimum atomic E-state index is -0.0799. The summed E-state index contributed by atoms with van der Waals surface area (Å²) in [6.07, 6.45) is 8.54. The summed E-state index contributed by atoms with van der Waals surface area (Å²) in [5.41, 5.74) is 2.43. The van der Waals surface area contributed by atoms with Crippen molar-refractivity contribution in [3.8, 4) is 0 Å². The van der Waals surface area contributed by atoms with Gasteiger partial charge in [-0.3, -0.25) is 9.59 Å². The molecule has 0 aromatic rings. The van der Waals surface area contributed by atoms with Gasteiger partial charge < -0.3 is 5.48 Å². The molecule has 4 aliphatic carbocycles. The Balaban J connectivity index is 0.00000156. The van der Waals surface area contributed by atoms with Crippen molar-refractivity contribution in [2.75, 3.05) is 0 Å². The van der Waals surface area contributed by atoms with E-state index in [0.29, 0.717) is 30.0 Å². The van der Waals surface area contributed by atoms with Crippen LogP contribution in [0.4, 0.5) is 0 Å². The molecule has 0 aromatic carbocycles. The first kappa shape index (κ1) is 16.6. The van der Waals surface area contributed by atoms with Crippen molar-refractivity contribution in [2.45, 2.75) is 58.8 Å². The van der Waals surface area contributed by atoms with Crippen molar-refractivity contribution in [1.82, 2.24) is 0 Å². The van der Waals surface area contributed by atoms with Gasteiger partial charge in [-0.25, -0.2) is 0 Å². The molecule has 3 saturated carbocycles. The highest BCUT2D eigenvalue weighted by atomic mass is 16.1. The Morgan fingerprint density at radius 1 is 1.04 bits per heavy atom. The van der Waals surface area contributed by atoms with Crippen LogP contribution in [0.15, 0.2) is 23.8 Å². The normalized spacial score (nSPS) is 45.6. The number of Topliss-reactive ketones (excluding diaryl/α,β-unsaturated/α-hetero) is 1. The van der Waals surface area contributed by atoms with Gasteiger partial charge in [0.2, 0.25) is 0 Å². The SMILES string of the molecule is C=C1C[C@@H]2[C@H](CC[C@]3(C)C(=O)CC[C@@H]23)[C@@]2(C)CCC(=O)C=C12.O. The van der Waals surface area contributed by atoms with Crippen LogP contribution in [0.3, 0.4) is 0 Å². The van der Waals surface area contributed by atoms with Crippen molar-refractivity contribution in [2.24, 2.45) is 28.6 Å². The summed E-state index contributed by atoms with van der Waals surface area (Å²) >= 11 is 0. The lowest BCUT2D eigenvalue weighted by Crippen LogP contribution is -2.51. The average molecular weight is 316 g/mol. The van der Waals surface area contributed by atoms with Crippen LogP contribution >= 0.6 is 0 Å². The van der Waals surface area contributed by atoms with Crippen molar-refractivity contribution in [3.05, 3.63) is 23.8 Å². The molecule has 0 spiro atoms. The summed E-state index contributed by atoms with van der Waals surface area (Å²) in [5, 5.41) is 0. The lowest BCUT2D eigenvalue weighted by Gasteiger charge is -2.57. The lowest BCUT2D eigenvalue weighted by molar-refractivity contribution is -0.132. The monoisotopic (exact) mass is 316 g/mol. The number of fused-ring (bicyclic) bond motifs is 5. The third-order valence-electron chi connectivity index (χ3n) is 7.64. The van der Waals surface area contributed by atoms with Crippen LogP contribution in [0.2, 0.25) is 0 Å². The quantitative estimate of drug-likeness (QED) is 0.687. The predicted molar refractivity (Wildman–Crippen MR) is 89.9 cm³/mol. The summed E-state index contributed by atoms with van der Waals surface area (Å²) in [5.74, 6) is 2.51. The van der Waals surface area contributed by atoms with Gasteiger partial charge in [0, 0.05) is 18.3 Å². The molecule has 0 aromatic heterocycles. The maximum absolute atomic E-state index is 12.4. The van der Waals surface area contributed by atoms with Crippen LogP contribution in [-0.2, 0) is 9.59 Å². The Labute approximate surface area is 138 Å². The van der Waals surface area contributed by atoms with E-state index in [9.17, 15) is 9.59 Å². The summed E-state index contributed by atoms with van der Waals surface area (Å²) in [6, 6.07) is 0. The molecule has 4 aliphatic rings. The Kier molecular flexibility index (Phi) is 3.72. The predicted octanol–water partition coefficient (Wildman–Crippen LogP) is 3.43. The molecule has 0 heterocycles. The lowest BCUT2D eigenvalue weighted by atomic mass is 9.47. The first-order valence-corrected chi connectivity index (χ1v) is 8.83. The molecule has 2 N–H and O–H groups in total. The second-order valence-corrected chi connectivity index (χ2v) is 8.54. The van der Waals surface area contributed by atoms with Gasteiger partial charge in [-0.2, -0.15) is 0 Å². The largest absolute Gasteiger partial charge is 0.412 e. The van der Waals surface area contributed by atoms with E-state index in [4.69, 9.17) is 0 Å². The van der Waals surface area contributed by atoms with Gasteiger partial charge in [0.25, 0.3) is 0 Å². The van der Waals surface area contributed by atoms with Crippen LogP contribution in [-0.4, -0.2) is 17.0 Å². The molecule has 23 heavy (non-hydrogen) atoms. The van der Waals surface area contributed by atoms with Crippen LogP contribution < -0.4 is 0 Å². The van der Waals surface area contributed by atoms with Crippen LogP contribution in [0.5, 0.6) is 0 Å². The second-order valence-electron chi connectivity index (χ2n) is 8.54. The van der Waals surface area contributed by atoms with E-state index in [-0.39, 0.29) is 22.1 Å². The zero-order valence-corrected chi connectivity index (χ0v) is 14.3. The molecule has 0 aliphatic heterocycles. The molecule has 5 atom stereocenters. The van der Waals surface area contributed by atoms with Gasteiger partial charge >= 0.3 is 0 Å². The first-order chi connectivity index (χ1) is 10.4. The standard InChI is InChI=1S/C20H26O2.H2O/c1-12-10-14-15-4-5-18(22)20(15,3)9-7-16(14)19(2)8-6-13(21)11-17(12)19;/h11,14-16H,1,4-10H2,2-3H3;1H2/t14-,15-,16-,19+,20-;/m0./s1. The molecule has 0 bridgehead atoms. The molecule has 3 nitrogen and oxygen atoms in total. The van der Waals surface area contributed by atoms with Crippen LogP contribution in [0.1, 0.15) is 58.8 Å². The Bertz CT molecular complexity index is 616. The fraction of sp³-hybridized carbons (Fsp3) is 0.700. The van der Waals surface area contributed by atoms with E-state index in [0.717, 1.165) is 38.5 Å². The number of hydrogen-bond acceptors (Lipinski definition) is 2. The number of carbonyl (C=O) groups is 2. The van der Waals surface area contributed by atoms with Crippen molar-refractivity contribution >= 4 is 11.6 Å². The molecule has 3 heteroatoms. The van der Waals surface area contributed by atoms with Gasteiger partial charge in [-0.15, -0.1) is 0 Å². The highest BCUT2D eigenvalue weighted by Crippen LogP contribution is 2.65. The molecule has 0 saturated heterocycles. The highest BCUT2D eigenvalue weighted by Gasteiger charge is 2.59. The fourth-order valence-electron chi connectivity index (χ4n) is 6.34. The smallest absolute Gasteiger partial charge is 0.156 e. The summed E-state index contributed by atoms with van der Waals surface area (Å²) in [7, 11) is 0. The number of rotatable bonds is 0. The molecule has 0 amide bonds. The second kappa shape index (κ2) is 5.14. The third kappa shape index (κ3) is 2.05. The summed E-state index contributed by atoms with van der Waals surface area (Å²) in [6.45, 7) is 8.89. The third-order valence-corrected chi connectivity index (χ3v) is 7.64. The van der Waals surface area contributed by atoms with Crippen LogP contribution in [0.25, 0.3) is 0 Å². The minimum Gasteiger partial charge on any atom is -0.412 e. The fourth-order valence-corrected chi connectivity index (χ4v) is 6.34. The van der Waals surface area contributed by atoms with Gasteiger partial charge in [0.1, 0.15) is 5.78 Å². The van der Waals surface area contributed by atoms with Gasteiger partial charge in [-0.05, 0) is 66.9 Å². The number of ketones is 2. The minimum absolute atomic E-state index is 0. The molecule has 126 valence electrons. The number of carbonyl (C=O) groups excluding carboxylic acids is 2. The van der Waals surface area contributed by atoms with E-state index in [1.807, 2.05) is 6.08 Å². The maximum Gasteiger partial charge on any atom is 0.156 e. The van der Waals surface area contributed by atoms with Gasteiger partial charge in [0.05, 0.1) is 0 Å². The Morgan fingerprint density at radius 2 is 1.74 bits per heavy atom. The van der Waals surface area contributed by atoms with Crippen molar-refractivity contribution < 1.29 is 15.1 Å². The number of allylic oxidation sites excluding steroid dienone is 2. The van der Waals surface area contributed by atoms with Gasteiger partial charge in [-0.1, -0.05) is 26.0 Å². The first-order valence-electron chi connectivity index (χ1n) is 8.83. The topological polar surface area (TPSA) is 65.6 Å². The van der Waals surface area contributed by atoms with E-state index in [1.54, 1.807) is 0 Å². The summed E-state index contributed by atoms with van der Waals surface area (Å²) < 4.78 is 0. The molecule has 3 fully saturated rings. The van der Waals surface area contributed by atoms with E-state index >= 15 is 0 Å². The van der Waals surface area contributed by atoms with E-state index in [1.165, 1.54) is 11.1 Å². The summed E-state index contributed by atoms with van der Waals surface area (Å²) in [4.78, 5) is 24.3. The highest BCUT2D eigenvalue weighted by molar-refractivity contribution is 5.92. The molecular formula is C20H28O3. The van der Waals surface area contributed by atoms with E-state index < -0.39 is 0 Å². The van der Waals surface area contributed by atoms with Crippen molar-refractivity contribution in [1.29, 1.82) is 0 Å². The van der Waals surface area contributed by atoms with Gasteiger partial charge in [0.15, 0.2) is 5.78 Å². The Hall–Kier alpha value is -1.22. The molecule has 0 unspecified atom stereocenters. The van der Waals surface area contributed by atoms with Crippen LogP contribution in [0, 0.1) is 28.6 Å². The van der Waals surface area contributed by atoms with E-state index in [2.05, 4.69) is 20.4 Å². The maximum atomic E-state index is 12.4. The zero-order chi connectivity index (χ0) is 15.7. The Morgan fingerprint density at radius 3 is 2.48 bits per heavy atom. The average Bonchev–Trinajstić information content (AvgIpc) is 2.77. The molecule has 4 rings (SSSR count). The zero-order valence-electron chi connectivity index (χ0n) is 14.3. The van der Waals surface area contributed by atoms with Crippen molar-refractivity contribution in [3.63, 3.8) is 0 Å². The molecule has 0 radical (unpaired) electrons.